The summed E-state index contributed by atoms with van der Waals surface area (Å²) in [5.41, 5.74) is 0.994. The Hall–Kier alpha value is -2.34. The molecule has 0 saturated carbocycles. The van der Waals surface area contributed by atoms with Crippen molar-refractivity contribution in [1.82, 2.24) is 10.2 Å². The number of hydrogen-bond acceptors (Lipinski definition) is 4. The summed E-state index contributed by atoms with van der Waals surface area (Å²) >= 11 is 14.5. The molecule has 2 atom stereocenters. The van der Waals surface area contributed by atoms with Gasteiger partial charge in [0, 0.05) is 16.2 Å². The van der Waals surface area contributed by atoms with Gasteiger partial charge in [-0.3, -0.25) is 13.9 Å². The molecule has 0 bridgehead atoms. The molecule has 3 rings (SSSR count). The normalized spacial score (nSPS) is 12.8. The second kappa shape index (κ2) is 14.5. The summed E-state index contributed by atoms with van der Waals surface area (Å²) in [5.74, 6) is -0.840. The zero-order chi connectivity index (χ0) is 29.4. The van der Waals surface area contributed by atoms with Crippen molar-refractivity contribution in [2.75, 3.05) is 10.8 Å². The maximum atomic E-state index is 14.1. The van der Waals surface area contributed by atoms with E-state index < -0.39 is 28.5 Å². The van der Waals surface area contributed by atoms with Crippen LogP contribution < -0.4 is 9.62 Å². The van der Waals surface area contributed by atoms with Crippen molar-refractivity contribution in [3.05, 3.63) is 92.0 Å². The van der Waals surface area contributed by atoms with Crippen molar-refractivity contribution >= 4 is 73.3 Å². The third kappa shape index (κ3) is 8.11. The minimum atomic E-state index is -4.11. The summed E-state index contributed by atoms with van der Waals surface area (Å²) in [6, 6.07) is 18.9. The predicted molar refractivity (Wildman–Crippen MR) is 169 cm³/mol. The van der Waals surface area contributed by atoms with Crippen molar-refractivity contribution in [2.45, 2.75) is 57.1 Å². The number of amides is 2. The third-order valence-electron chi connectivity index (χ3n) is 6.45. The van der Waals surface area contributed by atoms with E-state index >= 15 is 0 Å². The van der Waals surface area contributed by atoms with Crippen molar-refractivity contribution in [2.24, 2.45) is 0 Å². The lowest BCUT2D eigenvalue weighted by Crippen LogP contribution is -2.53. The number of nitrogens with one attached hydrogen (secondary N) is 1. The highest BCUT2D eigenvalue weighted by atomic mass is 127. The lowest BCUT2D eigenvalue weighted by Gasteiger charge is -2.33. The van der Waals surface area contributed by atoms with Crippen LogP contribution in [0.2, 0.25) is 10.0 Å². The number of sulfonamides is 1. The number of rotatable bonds is 12. The largest absolute Gasteiger partial charge is 0.352 e. The minimum Gasteiger partial charge on any atom is -0.352 e. The Morgan fingerprint density at radius 2 is 1.57 bits per heavy atom. The molecule has 40 heavy (non-hydrogen) atoms. The van der Waals surface area contributed by atoms with E-state index in [1.165, 1.54) is 17.0 Å². The van der Waals surface area contributed by atoms with Crippen molar-refractivity contribution in [3.8, 4) is 0 Å². The van der Waals surface area contributed by atoms with E-state index in [4.69, 9.17) is 23.2 Å². The van der Waals surface area contributed by atoms with Gasteiger partial charge in [0.2, 0.25) is 11.8 Å². The Labute approximate surface area is 260 Å². The molecule has 0 aliphatic carbocycles. The molecule has 2 amide bonds. The summed E-state index contributed by atoms with van der Waals surface area (Å²) in [5, 5.41) is 3.64. The first-order valence-corrected chi connectivity index (χ1v) is 16.1. The number of carbonyl (C=O) groups is 2. The van der Waals surface area contributed by atoms with Gasteiger partial charge in [-0.05, 0) is 96.5 Å². The van der Waals surface area contributed by atoms with E-state index in [-0.39, 0.29) is 23.4 Å². The van der Waals surface area contributed by atoms with E-state index in [1.807, 2.05) is 20.8 Å². The third-order valence-corrected chi connectivity index (χ3v) is 9.69. The molecule has 0 aliphatic rings. The van der Waals surface area contributed by atoms with Gasteiger partial charge >= 0.3 is 0 Å². The number of nitrogens with zero attached hydrogens (tertiary/aromatic N) is 2. The van der Waals surface area contributed by atoms with Gasteiger partial charge in [-0.1, -0.05) is 61.3 Å². The summed E-state index contributed by atoms with van der Waals surface area (Å²) < 4.78 is 29.6. The van der Waals surface area contributed by atoms with Crippen LogP contribution in [0.15, 0.2) is 77.7 Å². The smallest absolute Gasteiger partial charge is 0.264 e. The highest BCUT2D eigenvalue weighted by molar-refractivity contribution is 14.1. The first kappa shape index (κ1) is 32.2. The van der Waals surface area contributed by atoms with Crippen LogP contribution >= 0.6 is 45.8 Å². The number of benzene rings is 3. The van der Waals surface area contributed by atoms with E-state index in [1.54, 1.807) is 60.7 Å². The molecule has 3 aromatic rings. The summed E-state index contributed by atoms with van der Waals surface area (Å²) in [7, 11) is -4.11. The zero-order valence-corrected chi connectivity index (χ0v) is 27.0. The molecule has 3 aromatic carbocycles. The van der Waals surface area contributed by atoms with Crippen LogP contribution in [0.3, 0.4) is 0 Å². The van der Waals surface area contributed by atoms with Gasteiger partial charge in [0.05, 0.1) is 20.6 Å². The predicted octanol–water partition coefficient (Wildman–Crippen LogP) is 6.52. The number of hydrogen-bond donors (Lipinski definition) is 1. The highest BCUT2D eigenvalue weighted by Crippen LogP contribution is 2.27. The van der Waals surface area contributed by atoms with Gasteiger partial charge in [0.15, 0.2) is 0 Å². The average Bonchev–Trinajstić information content (AvgIpc) is 2.94. The van der Waals surface area contributed by atoms with Crippen LogP contribution in [0.4, 0.5) is 5.69 Å². The lowest BCUT2D eigenvalue weighted by atomic mass is 10.1. The molecule has 0 aliphatic heterocycles. The summed E-state index contributed by atoms with van der Waals surface area (Å²) in [6.45, 7) is 5.19. The fourth-order valence-corrected chi connectivity index (χ4v) is 6.17. The molecule has 0 spiro atoms. The molecule has 214 valence electrons. The fraction of sp³-hybridized carbons (Fsp3) is 0.310. The molecular weight excluding hydrogens is 684 g/mol. The van der Waals surface area contributed by atoms with Crippen LogP contribution in [0, 0.1) is 3.57 Å². The molecule has 0 unspecified atom stereocenters. The first-order valence-electron chi connectivity index (χ1n) is 12.8. The van der Waals surface area contributed by atoms with Crippen LogP contribution in [-0.2, 0) is 26.2 Å². The number of carbonyl (C=O) groups excluding carboxylic acids is 2. The SMILES string of the molecule is CC[C@H](C(=O)N[C@@H](C)CC)N(Cc1ccc(Cl)c(Cl)c1)C(=O)CN(c1ccc(I)cc1)S(=O)(=O)c1ccccc1. The topological polar surface area (TPSA) is 86.8 Å². The van der Waals surface area contributed by atoms with E-state index in [9.17, 15) is 18.0 Å². The van der Waals surface area contributed by atoms with Gasteiger partial charge in [-0.15, -0.1) is 0 Å². The van der Waals surface area contributed by atoms with Crippen molar-refractivity contribution in [3.63, 3.8) is 0 Å². The van der Waals surface area contributed by atoms with Gasteiger partial charge in [-0.2, -0.15) is 0 Å². The molecule has 0 heterocycles. The van der Waals surface area contributed by atoms with Gasteiger partial charge in [0.25, 0.3) is 10.0 Å². The Balaban J connectivity index is 2.06. The molecule has 7 nitrogen and oxygen atoms in total. The van der Waals surface area contributed by atoms with Crippen molar-refractivity contribution in [1.29, 1.82) is 0 Å². The summed E-state index contributed by atoms with van der Waals surface area (Å²) in [6.07, 6.45) is 1.04. The Morgan fingerprint density at radius 1 is 0.925 bits per heavy atom. The maximum Gasteiger partial charge on any atom is 0.264 e. The standard InChI is InChI=1S/C29H32Cl2IN3O4S/c1-4-20(3)33-29(37)27(5-2)34(18-21-11-16-25(30)26(31)17-21)28(36)19-35(23-14-12-22(32)13-15-23)40(38,39)24-9-7-6-8-10-24/h6-17,20,27H,4-5,18-19H2,1-3H3,(H,33,37)/t20-,27+/m0/s1. The molecule has 0 fully saturated rings. The number of halogens is 3. The van der Waals surface area contributed by atoms with Crippen LogP contribution in [0.1, 0.15) is 39.2 Å². The Morgan fingerprint density at radius 3 is 2.15 bits per heavy atom. The second-order valence-corrected chi connectivity index (χ2v) is 13.2. The van der Waals surface area contributed by atoms with Crippen LogP contribution in [0.25, 0.3) is 0 Å². The van der Waals surface area contributed by atoms with Crippen molar-refractivity contribution < 1.29 is 18.0 Å². The van der Waals surface area contributed by atoms with E-state index in [2.05, 4.69) is 27.9 Å². The summed E-state index contributed by atoms with van der Waals surface area (Å²) in [4.78, 5) is 28.9. The molecule has 0 radical (unpaired) electrons. The fourth-order valence-electron chi connectivity index (χ4n) is 4.05. The highest BCUT2D eigenvalue weighted by Gasteiger charge is 2.34. The molecule has 11 heteroatoms. The molecule has 0 saturated heterocycles. The Kier molecular flexibility index (Phi) is 11.7. The average molecular weight is 716 g/mol. The zero-order valence-electron chi connectivity index (χ0n) is 22.5. The van der Waals surface area contributed by atoms with Gasteiger partial charge in [-0.25, -0.2) is 8.42 Å². The van der Waals surface area contributed by atoms with Gasteiger partial charge in [0.1, 0.15) is 12.6 Å². The second-order valence-electron chi connectivity index (χ2n) is 9.31. The molecule has 0 aromatic heterocycles. The van der Waals surface area contributed by atoms with Crippen LogP contribution in [-0.4, -0.2) is 43.8 Å². The van der Waals surface area contributed by atoms with Crippen LogP contribution in [0.5, 0.6) is 0 Å². The monoisotopic (exact) mass is 715 g/mol. The minimum absolute atomic E-state index is 0.0358. The van der Waals surface area contributed by atoms with E-state index in [0.29, 0.717) is 27.7 Å². The maximum absolute atomic E-state index is 14.1. The quantitative estimate of drug-likeness (QED) is 0.217. The van der Waals surface area contributed by atoms with E-state index in [0.717, 1.165) is 14.3 Å². The lowest BCUT2D eigenvalue weighted by molar-refractivity contribution is -0.140. The molecular formula is C29H32Cl2IN3O4S. The Bertz CT molecular complexity index is 1420. The molecule has 1 N–H and O–H groups in total. The first-order chi connectivity index (χ1) is 19.0. The van der Waals surface area contributed by atoms with Gasteiger partial charge < -0.3 is 10.2 Å². The number of anilines is 1.